The number of amides is 1. The maximum Gasteiger partial charge on any atom is 0.243 e. The van der Waals surface area contributed by atoms with Crippen LogP contribution in [0.3, 0.4) is 0 Å². The SMILES string of the molecule is C=CC(=O)NC(C)C.CCCCCC. The fourth-order valence-corrected chi connectivity index (χ4v) is 0.843. The van der Waals surface area contributed by atoms with Gasteiger partial charge in [0.25, 0.3) is 0 Å². The topological polar surface area (TPSA) is 29.1 Å². The second kappa shape index (κ2) is 12.2. The summed E-state index contributed by atoms with van der Waals surface area (Å²) in [5.74, 6) is -0.111. The van der Waals surface area contributed by atoms with Crippen molar-refractivity contribution in [3.63, 3.8) is 0 Å². The summed E-state index contributed by atoms with van der Waals surface area (Å²) in [6, 6.07) is 0.209. The van der Waals surface area contributed by atoms with E-state index in [0.29, 0.717) is 0 Å². The highest BCUT2D eigenvalue weighted by molar-refractivity contribution is 5.86. The first-order valence-corrected chi connectivity index (χ1v) is 5.51. The van der Waals surface area contributed by atoms with Gasteiger partial charge in [0, 0.05) is 6.04 Å². The maximum atomic E-state index is 10.4. The molecule has 0 spiro atoms. The molecule has 14 heavy (non-hydrogen) atoms. The Bertz CT molecular complexity index is 137. The zero-order valence-electron chi connectivity index (χ0n) is 10.1. The molecule has 0 atom stereocenters. The average Bonchev–Trinajstić information content (AvgIpc) is 2.14. The number of nitrogens with one attached hydrogen (secondary N) is 1. The molecule has 0 rings (SSSR count). The molecule has 0 unspecified atom stereocenters. The standard InChI is InChI=1S/C6H11NO.C6H14/c1-4-6(8)7-5(2)3;1-3-5-6-4-2/h4-5H,1H2,2-3H3,(H,7,8);3-6H2,1-2H3. The van der Waals surface area contributed by atoms with Crippen LogP contribution in [-0.2, 0) is 4.79 Å². The van der Waals surface area contributed by atoms with Gasteiger partial charge < -0.3 is 5.32 Å². The minimum absolute atomic E-state index is 0.111. The Labute approximate surface area is 88.8 Å². The Morgan fingerprint density at radius 3 is 1.86 bits per heavy atom. The maximum absolute atomic E-state index is 10.4. The molecule has 84 valence electrons. The van der Waals surface area contributed by atoms with E-state index in [1.165, 1.54) is 31.8 Å². The lowest BCUT2D eigenvalue weighted by atomic mass is 10.2. The van der Waals surface area contributed by atoms with Crippen LogP contribution in [0.25, 0.3) is 0 Å². The third-order valence-corrected chi connectivity index (χ3v) is 1.57. The van der Waals surface area contributed by atoms with Gasteiger partial charge in [-0.1, -0.05) is 46.1 Å². The molecular formula is C12H25NO. The number of hydrogen-bond acceptors (Lipinski definition) is 1. The van der Waals surface area contributed by atoms with Crippen LogP contribution in [0.5, 0.6) is 0 Å². The number of hydrogen-bond donors (Lipinski definition) is 1. The summed E-state index contributed by atoms with van der Waals surface area (Å²) in [7, 11) is 0. The molecule has 0 aliphatic heterocycles. The van der Waals surface area contributed by atoms with Crippen molar-refractivity contribution in [2.24, 2.45) is 0 Å². The van der Waals surface area contributed by atoms with E-state index >= 15 is 0 Å². The molecule has 0 aliphatic carbocycles. The lowest BCUT2D eigenvalue weighted by Crippen LogP contribution is -2.27. The second-order valence-electron chi connectivity index (χ2n) is 3.57. The molecule has 0 fully saturated rings. The van der Waals surface area contributed by atoms with Crippen LogP contribution in [-0.4, -0.2) is 11.9 Å². The van der Waals surface area contributed by atoms with Gasteiger partial charge in [-0.15, -0.1) is 0 Å². The smallest absolute Gasteiger partial charge is 0.243 e. The first-order valence-electron chi connectivity index (χ1n) is 5.51. The van der Waals surface area contributed by atoms with Crippen molar-refractivity contribution in [2.45, 2.75) is 59.4 Å². The Morgan fingerprint density at radius 2 is 1.71 bits per heavy atom. The minimum Gasteiger partial charge on any atom is -0.350 e. The minimum atomic E-state index is -0.111. The molecule has 0 aliphatic rings. The molecule has 1 N–H and O–H groups in total. The predicted octanol–water partition coefficient (Wildman–Crippen LogP) is 3.28. The summed E-state index contributed by atoms with van der Waals surface area (Å²) in [6.07, 6.45) is 6.80. The van der Waals surface area contributed by atoms with Crippen LogP contribution in [0.15, 0.2) is 12.7 Å². The Balaban J connectivity index is 0. The fraction of sp³-hybridized carbons (Fsp3) is 0.750. The number of rotatable bonds is 5. The lowest BCUT2D eigenvalue weighted by Gasteiger charge is -2.02. The molecule has 0 heterocycles. The molecule has 0 aromatic heterocycles. The Morgan fingerprint density at radius 1 is 1.29 bits per heavy atom. The van der Waals surface area contributed by atoms with Gasteiger partial charge in [0.2, 0.25) is 5.91 Å². The van der Waals surface area contributed by atoms with E-state index in [2.05, 4.69) is 25.7 Å². The fourth-order valence-electron chi connectivity index (χ4n) is 0.843. The zero-order chi connectivity index (χ0) is 11.4. The number of carbonyl (C=O) groups excluding carboxylic acids is 1. The molecule has 0 aromatic rings. The molecular weight excluding hydrogens is 174 g/mol. The van der Waals surface area contributed by atoms with E-state index < -0.39 is 0 Å². The number of unbranched alkanes of at least 4 members (excludes halogenated alkanes) is 3. The summed E-state index contributed by atoms with van der Waals surface area (Å²) >= 11 is 0. The molecule has 0 saturated carbocycles. The molecule has 0 radical (unpaired) electrons. The quantitative estimate of drug-likeness (QED) is 0.534. The third kappa shape index (κ3) is 17.3. The van der Waals surface area contributed by atoms with Crippen LogP contribution in [0.2, 0.25) is 0 Å². The molecule has 2 heteroatoms. The third-order valence-electron chi connectivity index (χ3n) is 1.57. The van der Waals surface area contributed by atoms with Gasteiger partial charge in [-0.2, -0.15) is 0 Å². The molecule has 0 saturated heterocycles. The zero-order valence-corrected chi connectivity index (χ0v) is 10.1. The van der Waals surface area contributed by atoms with Crippen molar-refractivity contribution >= 4 is 5.91 Å². The van der Waals surface area contributed by atoms with E-state index in [1.54, 1.807) is 0 Å². The highest BCUT2D eigenvalue weighted by Gasteiger charge is 1.93. The van der Waals surface area contributed by atoms with Gasteiger partial charge in [-0.3, -0.25) is 4.79 Å². The lowest BCUT2D eigenvalue weighted by molar-refractivity contribution is -0.116. The van der Waals surface area contributed by atoms with Crippen LogP contribution >= 0.6 is 0 Å². The van der Waals surface area contributed by atoms with E-state index in [0.717, 1.165) is 0 Å². The molecule has 1 amide bonds. The Kier molecular flexibility index (Phi) is 13.7. The van der Waals surface area contributed by atoms with Gasteiger partial charge in [0.05, 0.1) is 0 Å². The largest absolute Gasteiger partial charge is 0.350 e. The van der Waals surface area contributed by atoms with Gasteiger partial charge in [-0.05, 0) is 19.9 Å². The van der Waals surface area contributed by atoms with E-state index in [1.807, 2.05) is 13.8 Å². The highest BCUT2D eigenvalue weighted by Crippen LogP contribution is 1.95. The van der Waals surface area contributed by atoms with Crippen LogP contribution in [0.1, 0.15) is 53.4 Å². The molecule has 2 nitrogen and oxygen atoms in total. The van der Waals surface area contributed by atoms with E-state index in [9.17, 15) is 4.79 Å². The molecule has 0 aromatic carbocycles. The van der Waals surface area contributed by atoms with Gasteiger partial charge in [0.1, 0.15) is 0 Å². The summed E-state index contributed by atoms with van der Waals surface area (Å²) in [4.78, 5) is 10.4. The van der Waals surface area contributed by atoms with Crippen molar-refractivity contribution < 1.29 is 4.79 Å². The summed E-state index contributed by atoms with van der Waals surface area (Å²) in [5.41, 5.74) is 0. The Hall–Kier alpha value is -0.790. The monoisotopic (exact) mass is 199 g/mol. The van der Waals surface area contributed by atoms with Gasteiger partial charge in [0.15, 0.2) is 0 Å². The van der Waals surface area contributed by atoms with Crippen molar-refractivity contribution in [3.8, 4) is 0 Å². The van der Waals surface area contributed by atoms with Crippen LogP contribution < -0.4 is 5.32 Å². The first-order chi connectivity index (χ1) is 6.58. The predicted molar refractivity (Wildman–Crippen MR) is 63.3 cm³/mol. The van der Waals surface area contributed by atoms with Crippen LogP contribution in [0, 0.1) is 0 Å². The highest BCUT2D eigenvalue weighted by atomic mass is 16.1. The normalized spacial score (nSPS) is 8.93. The summed E-state index contributed by atoms with van der Waals surface area (Å²) in [5, 5.41) is 2.64. The van der Waals surface area contributed by atoms with Crippen molar-refractivity contribution in [1.82, 2.24) is 5.32 Å². The van der Waals surface area contributed by atoms with Crippen molar-refractivity contribution in [1.29, 1.82) is 0 Å². The van der Waals surface area contributed by atoms with E-state index in [4.69, 9.17) is 0 Å². The summed E-state index contributed by atoms with van der Waals surface area (Å²) < 4.78 is 0. The molecule has 0 bridgehead atoms. The van der Waals surface area contributed by atoms with Gasteiger partial charge in [-0.25, -0.2) is 0 Å². The van der Waals surface area contributed by atoms with Crippen molar-refractivity contribution in [2.75, 3.05) is 0 Å². The van der Waals surface area contributed by atoms with Crippen molar-refractivity contribution in [3.05, 3.63) is 12.7 Å². The number of carbonyl (C=O) groups is 1. The van der Waals surface area contributed by atoms with Gasteiger partial charge >= 0.3 is 0 Å². The average molecular weight is 199 g/mol. The summed E-state index contributed by atoms with van der Waals surface area (Å²) in [6.45, 7) is 11.6. The van der Waals surface area contributed by atoms with E-state index in [-0.39, 0.29) is 11.9 Å². The first kappa shape index (κ1) is 15.7. The second-order valence-corrected chi connectivity index (χ2v) is 3.57. The van der Waals surface area contributed by atoms with Crippen LogP contribution in [0.4, 0.5) is 0 Å².